The lowest BCUT2D eigenvalue weighted by Crippen LogP contribution is -2.44. The second kappa shape index (κ2) is 10.8. The molecular formula is C19H30N2O2. The molecule has 1 unspecified atom stereocenters. The lowest BCUT2D eigenvalue weighted by Gasteiger charge is -2.18. The number of rotatable bonds is 10. The summed E-state index contributed by atoms with van der Waals surface area (Å²) in [5.74, 6) is 0.844. The largest absolute Gasteiger partial charge is 0.496 e. The van der Waals surface area contributed by atoms with Gasteiger partial charge in [0.05, 0.1) is 13.2 Å². The average molecular weight is 318 g/mol. The summed E-state index contributed by atoms with van der Waals surface area (Å²) in [6, 6.07) is 7.59. The number of methoxy groups -OCH3 is 1. The molecule has 1 atom stereocenters. The third kappa shape index (κ3) is 6.87. The van der Waals surface area contributed by atoms with Gasteiger partial charge in [-0.1, -0.05) is 50.1 Å². The number of allylic oxidation sites excluding steroid dienone is 1. The van der Waals surface area contributed by atoms with Gasteiger partial charge < -0.3 is 15.4 Å². The highest BCUT2D eigenvalue weighted by Gasteiger charge is 2.17. The first kappa shape index (κ1) is 19.2. The van der Waals surface area contributed by atoms with E-state index in [0.29, 0.717) is 6.54 Å². The molecule has 4 heteroatoms. The van der Waals surface area contributed by atoms with Gasteiger partial charge >= 0.3 is 0 Å². The summed E-state index contributed by atoms with van der Waals surface area (Å²) >= 11 is 0. The quantitative estimate of drug-likeness (QED) is 0.650. The molecule has 0 aliphatic carbocycles. The third-order valence-corrected chi connectivity index (χ3v) is 3.72. The highest BCUT2D eigenvalue weighted by atomic mass is 16.5. The summed E-state index contributed by atoms with van der Waals surface area (Å²) in [5, 5.41) is 6.37. The zero-order chi connectivity index (χ0) is 17.1. The van der Waals surface area contributed by atoms with E-state index in [1.165, 1.54) is 5.57 Å². The van der Waals surface area contributed by atoms with E-state index >= 15 is 0 Å². The molecule has 1 aromatic carbocycles. The van der Waals surface area contributed by atoms with Crippen molar-refractivity contribution >= 4 is 5.91 Å². The van der Waals surface area contributed by atoms with Crippen LogP contribution in [0.2, 0.25) is 0 Å². The number of carbonyl (C=O) groups excluding carboxylic acids is 1. The molecule has 0 aliphatic rings. The van der Waals surface area contributed by atoms with Crippen molar-refractivity contribution in [1.29, 1.82) is 0 Å². The maximum absolute atomic E-state index is 12.4. The highest BCUT2D eigenvalue weighted by molar-refractivity contribution is 5.81. The predicted molar refractivity (Wildman–Crippen MR) is 95.6 cm³/mol. The van der Waals surface area contributed by atoms with Crippen LogP contribution in [-0.4, -0.2) is 25.6 Å². The van der Waals surface area contributed by atoms with Gasteiger partial charge in [-0.05, 0) is 25.8 Å². The molecule has 1 rings (SSSR count). The molecule has 128 valence electrons. The van der Waals surface area contributed by atoms with Crippen molar-refractivity contribution in [2.75, 3.05) is 13.7 Å². The van der Waals surface area contributed by atoms with E-state index in [-0.39, 0.29) is 11.9 Å². The van der Waals surface area contributed by atoms with Crippen molar-refractivity contribution in [1.82, 2.24) is 10.6 Å². The molecule has 1 aromatic rings. The normalized spacial score (nSPS) is 12.8. The molecule has 0 fully saturated rings. The number of nitrogens with one attached hydrogen (secondary N) is 2. The van der Waals surface area contributed by atoms with Gasteiger partial charge in [0.1, 0.15) is 5.75 Å². The van der Waals surface area contributed by atoms with Gasteiger partial charge in [0.2, 0.25) is 5.91 Å². The number of hydrogen-bond donors (Lipinski definition) is 2. The Labute approximate surface area is 140 Å². The first-order valence-electron chi connectivity index (χ1n) is 8.40. The lowest BCUT2D eigenvalue weighted by atomic mass is 10.1. The van der Waals surface area contributed by atoms with Crippen LogP contribution in [0.4, 0.5) is 0 Å². The molecule has 0 saturated carbocycles. The van der Waals surface area contributed by atoms with Crippen LogP contribution in [0, 0.1) is 0 Å². The fourth-order valence-electron chi connectivity index (χ4n) is 2.47. The van der Waals surface area contributed by atoms with E-state index in [1.54, 1.807) is 7.11 Å². The molecule has 23 heavy (non-hydrogen) atoms. The highest BCUT2D eigenvalue weighted by Crippen LogP contribution is 2.16. The van der Waals surface area contributed by atoms with Gasteiger partial charge in [-0.25, -0.2) is 0 Å². The third-order valence-electron chi connectivity index (χ3n) is 3.72. The number of amides is 1. The van der Waals surface area contributed by atoms with Gasteiger partial charge in [0.15, 0.2) is 0 Å². The predicted octanol–water partition coefficient (Wildman–Crippen LogP) is 3.43. The van der Waals surface area contributed by atoms with Crippen LogP contribution in [-0.2, 0) is 11.3 Å². The summed E-state index contributed by atoms with van der Waals surface area (Å²) in [6.45, 7) is 7.53. The van der Waals surface area contributed by atoms with Crippen LogP contribution in [0.5, 0.6) is 5.75 Å². The molecule has 0 aromatic heterocycles. The van der Waals surface area contributed by atoms with E-state index in [0.717, 1.165) is 37.1 Å². The first-order chi connectivity index (χ1) is 11.1. The van der Waals surface area contributed by atoms with E-state index in [2.05, 4.69) is 37.5 Å². The summed E-state index contributed by atoms with van der Waals surface area (Å²) in [6.07, 6.45) is 5.00. The number of ether oxygens (including phenoxy) is 1. The molecule has 0 aliphatic heterocycles. The topological polar surface area (TPSA) is 50.4 Å². The van der Waals surface area contributed by atoms with Crippen molar-refractivity contribution in [3.63, 3.8) is 0 Å². The van der Waals surface area contributed by atoms with Crippen LogP contribution in [0.3, 0.4) is 0 Å². The Morgan fingerprint density at radius 2 is 2.04 bits per heavy atom. The van der Waals surface area contributed by atoms with Gasteiger partial charge in [0.25, 0.3) is 0 Å². The van der Waals surface area contributed by atoms with Crippen LogP contribution in [0.25, 0.3) is 0 Å². The van der Waals surface area contributed by atoms with Crippen molar-refractivity contribution < 1.29 is 9.53 Å². The van der Waals surface area contributed by atoms with Gasteiger partial charge in [-0.2, -0.15) is 0 Å². The second-order valence-corrected chi connectivity index (χ2v) is 5.71. The Morgan fingerprint density at radius 1 is 1.30 bits per heavy atom. The summed E-state index contributed by atoms with van der Waals surface area (Å²) in [7, 11) is 1.64. The first-order valence-corrected chi connectivity index (χ1v) is 8.40. The fourth-order valence-corrected chi connectivity index (χ4v) is 2.47. The molecule has 0 saturated heterocycles. The number of carbonyl (C=O) groups is 1. The smallest absolute Gasteiger partial charge is 0.237 e. The zero-order valence-electron chi connectivity index (χ0n) is 14.8. The molecule has 0 heterocycles. The second-order valence-electron chi connectivity index (χ2n) is 5.71. The number of benzene rings is 1. The number of para-hydroxylation sites is 1. The Balaban J connectivity index is 2.58. The summed E-state index contributed by atoms with van der Waals surface area (Å²) in [5.41, 5.74) is 2.26. The molecule has 0 spiro atoms. The standard InChI is InChI=1S/C19H30N2O2/c1-5-9-15(3)13-20-17(10-6-2)19(22)21-14-16-11-7-8-12-18(16)23-4/h7-9,11-12,17,20H,5-6,10,13-14H2,1-4H3,(H,21,22)/b15-9+. The molecule has 0 bridgehead atoms. The minimum absolute atomic E-state index is 0.0436. The maximum Gasteiger partial charge on any atom is 0.237 e. The number of hydrogen-bond acceptors (Lipinski definition) is 3. The molecule has 0 radical (unpaired) electrons. The van der Waals surface area contributed by atoms with E-state index in [4.69, 9.17) is 4.74 Å². The zero-order valence-corrected chi connectivity index (χ0v) is 14.8. The maximum atomic E-state index is 12.4. The average Bonchev–Trinajstić information content (AvgIpc) is 2.56. The SMILES string of the molecule is CC/C=C(\C)CNC(CCC)C(=O)NCc1ccccc1OC. The van der Waals surface area contributed by atoms with Crippen molar-refractivity contribution in [3.05, 3.63) is 41.5 Å². The Hall–Kier alpha value is -1.81. The Morgan fingerprint density at radius 3 is 2.70 bits per heavy atom. The molecule has 4 nitrogen and oxygen atoms in total. The van der Waals surface area contributed by atoms with Crippen LogP contribution < -0.4 is 15.4 Å². The van der Waals surface area contributed by atoms with Gasteiger partial charge in [-0.3, -0.25) is 4.79 Å². The van der Waals surface area contributed by atoms with E-state index in [1.807, 2.05) is 24.3 Å². The van der Waals surface area contributed by atoms with Crippen LogP contribution in [0.15, 0.2) is 35.9 Å². The minimum Gasteiger partial charge on any atom is -0.496 e. The lowest BCUT2D eigenvalue weighted by molar-refractivity contribution is -0.123. The van der Waals surface area contributed by atoms with Gasteiger partial charge in [0, 0.05) is 18.7 Å². The van der Waals surface area contributed by atoms with Crippen molar-refractivity contribution in [2.45, 2.75) is 52.6 Å². The van der Waals surface area contributed by atoms with Crippen LogP contribution >= 0.6 is 0 Å². The summed E-state index contributed by atoms with van der Waals surface area (Å²) < 4.78 is 5.32. The fraction of sp³-hybridized carbons (Fsp3) is 0.526. The van der Waals surface area contributed by atoms with Crippen molar-refractivity contribution in [2.24, 2.45) is 0 Å². The Kier molecular flexibility index (Phi) is 9.07. The monoisotopic (exact) mass is 318 g/mol. The van der Waals surface area contributed by atoms with Crippen LogP contribution in [0.1, 0.15) is 45.6 Å². The Bertz CT molecular complexity index is 512. The molecule has 2 N–H and O–H groups in total. The summed E-state index contributed by atoms with van der Waals surface area (Å²) in [4.78, 5) is 12.4. The molecular weight excluding hydrogens is 288 g/mol. The van der Waals surface area contributed by atoms with Gasteiger partial charge in [-0.15, -0.1) is 0 Å². The van der Waals surface area contributed by atoms with Crippen molar-refractivity contribution in [3.8, 4) is 5.75 Å². The van der Waals surface area contributed by atoms with E-state index in [9.17, 15) is 4.79 Å². The van der Waals surface area contributed by atoms with E-state index < -0.39 is 0 Å². The minimum atomic E-state index is -0.157. The molecule has 1 amide bonds.